The van der Waals surface area contributed by atoms with Crippen LogP contribution in [0.3, 0.4) is 0 Å². The van der Waals surface area contributed by atoms with Crippen molar-refractivity contribution in [1.29, 1.82) is 0 Å². The van der Waals surface area contributed by atoms with E-state index in [1.54, 1.807) is 55.5 Å². The number of fused-ring (bicyclic) bond motifs is 3. The Hall–Kier alpha value is -3.25. The number of nitrogens with zero attached hydrogens (tertiary/aromatic N) is 1. The van der Waals surface area contributed by atoms with E-state index in [4.69, 9.17) is 21.1 Å². The molecule has 0 fully saturated rings. The number of amides is 1. The van der Waals surface area contributed by atoms with Crippen LogP contribution in [0.5, 0.6) is 5.75 Å². The molecule has 0 bridgehead atoms. The zero-order valence-corrected chi connectivity index (χ0v) is 17.5. The average molecular weight is 425 g/mol. The molecule has 0 atom stereocenters. The van der Waals surface area contributed by atoms with E-state index in [-0.39, 0.29) is 12.5 Å². The van der Waals surface area contributed by atoms with Crippen LogP contribution in [-0.2, 0) is 16.0 Å². The zero-order chi connectivity index (χ0) is 21.3. The highest BCUT2D eigenvalue weighted by Crippen LogP contribution is 2.33. The van der Waals surface area contributed by atoms with Crippen LogP contribution < -0.4 is 4.74 Å². The first-order chi connectivity index (χ1) is 14.5. The van der Waals surface area contributed by atoms with E-state index in [0.29, 0.717) is 40.6 Å². The van der Waals surface area contributed by atoms with Crippen molar-refractivity contribution in [3.63, 3.8) is 0 Å². The number of esters is 1. The number of nitrogens with one attached hydrogen (secondary N) is 1. The zero-order valence-electron chi connectivity index (χ0n) is 16.7. The molecule has 6 nitrogen and oxygen atoms in total. The fourth-order valence-corrected chi connectivity index (χ4v) is 3.82. The van der Waals surface area contributed by atoms with Crippen LogP contribution in [0.4, 0.5) is 0 Å². The van der Waals surface area contributed by atoms with E-state index < -0.39 is 5.97 Å². The number of aromatic nitrogens is 1. The summed E-state index contributed by atoms with van der Waals surface area (Å²) < 4.78 is 10.4. The SMILES string of the molecule is CCOC(=O)C1=CN(C(=O)c2ccc(OC)cc2)CCc2c1[nH]c1ccc(Cl)cc21. The minimum atomic E-state index is -0.481. The van der Waals surface area contributed by atoms with Crippen LogP contribution in [0.25, 0.3) is 16.5 Å². The van der Waals surface area contributed by atoms with Gasteiger partial charge in [-0.05, 0) is 61.4 Å². The first-order valence-electron chi connectivity index (χ1n) is 9.66. The number of hydrogen-bond donors (Lipinski definition) is 1. The van der Waals surface area contributed by atoms with Gasteiger partial charge < -0.3 is 19.4 Å². The Bertz CT molecular complexity index is 1150. The first-order valence-corrected chi connectivity index (χ1v) is 10.0. The highest BCUT2D eigenvalue weighted by Gasteiger charge is 2.27. The van der Waals surface area contributed by atoms with Gasteiger partial charge in [0.05, 0.1) is 25.0 Å². The van der Waals surface area contributed by atoms with Gasteiger partial charge in [-0.2, -0.15) is 0 Å². The Morgan fingerprint density at radius 1 is 1.17 bits per heavy atom. The van der Waals surface area contributed by atoms with Gasteiger partial charge in [-0.3, -0.25) is 4.79 Å². The van der Waals surface area contributed by atoms with Gasteiger partial charge >= 0.3 is 5.97 Å². The summed E-state index contributed by atoms with van der Waals surface area (Å²) >= 11 is 6.20. The highest BCUT2D eigenvalue weighted by atomic mass is 35.5. The third-order valence-electron chi connectivity index (χ3n) is 5.12. The summed E-state index contributed by atoms with van der Waals surface area (Å²) in [5, 5.41) is 1.55. The maximum Gasteiger partial charge on any atom is 0.341 e. The Kier molecular flexibility index (Phi) is 5.50. The molecular formula is C23H21ClN2O4. The summed E-state index contributed by atoms with van der Waals surface area (Å²) in [5.41, 5.74) is 3.31. The van der Waals surface area contributed by atoms with E-state index in [1.165, 1.54) is 0 Å². The van der Waals surface area contributed by atoms with Gasteiger partial charge in [0.2, 0.25) is 0 Å². The van der Waals surface area contributed by atoms with Crippen molar-refractivity contribution in [3.8, 4) is 5.75 Å². The second kappa shape index (κ2) is 8.24. The number of benzene rings is 2. The topological polar surface area (TPSA) is 71.6 Å². The molecule has 0 saturated heterocycles. The lowest BCUT2D eigenvalue weighted by Crippen LogP contribution is -2.28. The third-order valence-corrected chi connectivity index (χ3v) is 5.35. The molecule has 2 aromatic carbocycles. The van der Waals surface area contributed by atoms with Crippen LogP contribution in [-0.4, -0.2) is 42.0 Å². The Morgan fingerprint density at radius 3 is 2.63 bits per heavy atom. The van der Waals surface area contributed by atoms with E-state index in [1.807, 2.05) is 12.1 Å². The largest absolute Gasteiger partial charge is 0.497 e. The predicted molar refractivity (Wildman–Crippen MR) is 116 cm³/mol. The number of hydrogen-bond acceptors (Lipinski definition) is 4. The van der Waals surface area contributed by atoms with Crippen LogP contribution in [0, 0.1) is 0 Å². The molecule has 3 aromatic rings. The number of H-pyrrole nitrogens is 1. The summed E-state index contributed by atoms with van der Waals surface area (Å²) in [6.45, 7) is 2.41. The van der Waals surface area contributed by atoms with Crippen LogP contribution in [0.2, 0.25) is 5.02 Å². The van der Waals surface area contributed by atoms with Crippen LogP contribution in [0.15, 0.2) is 48.7 Å². The molecule has 154 valence electrons. The Labute approximate surface area is 179 Å². The van der Waals surface area contributed by atoms with Crippen molar-refractivity contribution >= 4 is 40.0 Å². The molecule has 1 aliphatic heterocycles. The number of ether oxygens (including phenoxy) is 2. The summed E-state index contributed by atoms with van der Waals surface area (Å²) in [5.74, 6) is -0.0127. The van der Waals surface area contributed by atoms with Gasteiger partial charge in [-0.1, -0.05) is 11.6 Å². The molecule has 0 radical (unpaired) electrons. The average Bonchev–Trinajstić information content (AvgIpc) is 2.99. The molecule has 1 aliphatic rings. The van der Waals surface area contributed by atoms with E-state index >= 15 is 0 Å². The van der Waals surface area contributed by atoms with Crippen LogP contribution >= 0.6 is 11.6 Å². The monoisotopic (exact) mass is 424 g/mol. The van der Waals surface area contributed by atoms with E-state index in [0.717, 1.165) is 16.5 Å². The Morgan fingerprint density at radius 2 is 1.93 bits per heavy atom. The second-order valence-electron chi connectivity index (χ2n) is 6.91. The second-order valence-corrected chi connectivity index (χ2v) is 7.35. The lowest BCUT2D eigenvalue weighted by Gasteiger charge is -2.18. The molecule has 0 unspecified atom stereocenters. The number of methoxy groups -OCH3 is 1. The maximum atomic E-state index is 13.1. The number of carbonyl (C=O) groups is 2. The molecule has 30 heavy (non-hydrogen) atoms. The molecule has 4 rings (SSSR count). The molecule has 0 spiro atoms. The molecule has 1 amide bonds. The quantitative estimate of drug-likeness (QED) is 0.629. The van der Waals surface area contributed by atoms with Crippen molar-refractivity contribution in [2.24, 2.45) is 0 Å². The van der Waals surface area contributed by atoms with Gasteiger partial charge in [0, 0.05) is 34.2 Å². The van der Waals surface area contributed by atoms with Gasteiger partial charge in [-0.25, -0.2) is 4.79 Å². The number of rotatable bonds is 4. The highest BCUT2D eigenvalue weighted by molar-refractivity contribution is 6.31. The fourth-order valence-electron chi connectivity index (χ4n) is 3.65. The summed E-state index contributed by atoms with van der Waals surface area (Å²) in [7, 11) is 1.57. The molecule has 1 N–H and O–H groups in total. The molecule has 2 heterocycles. The van der Waals surface area contributed by atoms with Gasteiger partial charge in [0.15, 0.2) is 0 Å². The summed E-state index contributed by atoms with van der Waals surface area (Å²) in [4.78, 5) is 30.7. The van der Waals surface area contributed by atoms with E-state index in [2.05, 4.69) is 4.98 Å². The van der Waals surface area contributed by atoms with E-state index in [9.17, 15) is 9.59 Å². The standard InChI is InChI=1S/C23H21ClN2O4/c1-3-30-23(28)19-13-26(22(27)14-4-7-16(29-2)8-5-14)11-10-17-18-12-15(24)6-9-20(18)25-21(17)19/h4-9,12-13,25H,3,10-11H2,1-2H3. The number of halogens is 1. The maximum absolute atomic E-state index is 13.1. The Balaban J connectivity index is 1.77. The fraction of sp³-hybridized carbons (Fsp3) is 0.217. The number of carbonyl (C=O) groups excluding carboxylic acids is 2. The summed E-state index contributed by atoms with van der Waals surface area (Å²) in [6, 6.07) is 12.4. The molecule has 0 aliphatic carbocycles. The van der Waals surface area contributed by atoms with Crippen molar-refractivity contribution < 1.29 is 19.1 Å². The minimum Gasteiger partial charge on any atom is -0.497 e. The van der Waals surface area contributed by atoms with Crippen molar-refractivity contribution in [3.05, 3.63) is 70.5 Å². The van der Waals surface area contributed by atoms with Gasteiger partial charge in [-0.15, -0.1) is 0 Å². The molecule has 1 aromatic heterocycles. The van der Waals surface area contributed by atoms with Crippen molar-refractivity contribution in [1.82, 2.24) is 9.88 Å². The minimum absolute atomic E-state index is 0.202. The number of aromatic amines is 1. The molecule has 7 heteroatoms. The molecular weight excluding hydrogens is 404 g/mol. The van der Waals surface area contributed by atoms with Gasteiger partial charge in [0.1, 0.15) is 5.75 Å². The smallest absolute Gasteiger partial charge is 0.341 e. The lowest BCUT2D eigenvalue weighted by molar-refractivity contribution is -0.136. The first kappa shape index (κ1) is 20.0. The van der Waals surface area contributed by atoms with Crippen LogP contribution in [0.1, 0.15) is 28.5 Å². The lowest BCUT2D eigenvalue weighted by atomic mass is 10.0. The predicted octanol–water partition coefficient (Wildman–Crippen LogP) is 4.43. The van der Waals surface area contributed by atoms with Crippen molar-refractivity contribution in [2.75, 3.05) is 20.3 Å². The third kappa shape index (κ3) is 3.66. The van der Waals surface area contributed by atoms with Gasteiger partial charge in [0.25, 0.3) is 5.91 Å². The summed E-state index contributed by atoms with van der Waals surface area (Å²) in [6.07, 6.45) is 2.14. The molecule has 0 saturated carbocycles. The normalized spacial score (nSPS) is 13.4. The van der Waals surface area contributed by atoms with Crippen molar-refractivity contribution in [2.45, 2.75) is 13.3 Å².